The minimum absolute atomic E-state index is 0.258. The van der Waals surface area contributed by atoms with Gasteiger partial charge in [0.2, 0.25) is 5.89 Å². The predicted octanol–water partition coefficient (Wildman–Crippen LogP) is 1.27. The van der Waals surface area contributed by atoms with Crippen LogP contribution < -0.4 is 0 Å². The van der Waals surface area contributed by atoms with Gasteiger partial charge in [0, 0.05) is 6.61 Å². The van der Waals surface area contributed by atoms with Crippen LogP contribution in [-0.2, 0) is 20.9 Å². The van der Waals surface area contributed by atoms with E-state index in [1.54, 1.807) is 13.8 Å². The molecule has 1 unspecified atom stereocenters. The number of hydrogen-bond acceptors (Lipinski definition) is 6. The second-order valence-electron chi connectivity index (χ2n) is 3.16. The first-order valence-electron chi connectivity index (χ1n) is 5.25. The van der Waals surface area contributed by atoms with Crippen LogP contribution in [0, 0.1) is 0 Å². The molecule has 1 heterocycles. The maximum Gasteiger partial charge on any atom is 0.318 e. The minimum Gasteiger partial charge on any atom is -0.465 e. The van der Waals surface area contributed by atoms with Crippen molar-refractivity contribution in [2.24, 2.45) is 0 Å². The van der Waals surface area contributed by atoms with E-state index >= 15 is 0 Å². The molecule has 1 atom stereocenters. The Kier molecular flexibility index (Phi) is 4.91. The van der Waals surface area contributed by atoms with E-state index in [1.165, 1.54) is 0 Å². The first kappa shape index (κ1) is 12.6. The Morgan fingerprint density at radius 3 is 2.81 bits per heavy atom. The molecule has 0 aromatic carbocycles. The fourth-order valence-corrected chi connectivity index (χ4v) is 1.06. The van der Waals surface area contributed by atoms with Crippen LogP contribution in [0.5, 0.6) is 0 Å². The van der Waals surface area contributed by atoms with Gasteiger partial charge < -0.3 is 14.0 Å². The summed E-state index contributed by atoms with van der Waals surface area (Å²) in [5.74, 6) is -0.210. The van der Waals surface area contributed by atoms with Gasteiger partial charge >= 0.3 is 5.97 Å². The highest BCUT2D eigenvalue weighted by Crippen LogP contribution is 2.14. The third kappa shape index (κ3) is 3.30. The molecule has 0 spiro atoms. The van der Waals surface area contributed by atoms with Crippen LogP contribution in [0.25, 0.3) is 0 Å². The van der Waals surface area contributed by atoms with Gasteiger partial charge in [-0.3, -0.25) is 4.79 Å². The van der Waals surface area contributed by atoms with E-state index in [0.717, 1.165) is 0 Å². The van der Waals surface area contributed by atoms with E-state index in [2.05, 4.69) is 10.1 Å². The molecule has 0 fully saturated rings. The molecule has 6 heteroatoms. The molecule has 0 aliphatic rings. The quantitative estimate of drug-likeness (QED) is 0.682. The van der Waals surface area contributed by atoms with Gasteiger partial charge in [-0.25, -0.2) is 0 Å². The zero-order valence-corrected chi connectivity index (χ0v) is 9.73. The van der Waals surface area contributed by atoms with Gasteiger partial charge in [-0.05, 0) is 20.8 Å². The van der Waals surface area contributed by atoms with Crippen molar-refractivity contribution in [3.8, 4) is 0 Å². The second-order valence-corrected chi connectivity index (χ2v) is 3.16. The summed E-state index contributed by atoms with van der Waals surface area (Å²) in [4.78, 5) is 15.4. The molecule has 16 heavy (non-hydrogen) atoms. The van der Waals surface area contributed by atoms with Crippen molar-refractivity contribution in [1.29, 1.82) is 0 Å². The summed E-state index contributed by atoms with van der Waals surface area (Å²) >= 11 is 0. The maximum absolute atomic E-state index is 11.4. The van der Waals surface area contributed by atoms with Crippen molar-refractivity contribution in [2.75, 3.05) is 13.2 Å². The summed E-state index contributed by atoms with van der Waals surface area (Å²) in [5, 5.41) is 3.70. The van der Waals surface area contributed by atoms with Crippen LogP contribution >= 0.6 is 0 Å². The molecule has 1 rings (SSSR count). The molecule has 90 valence electrons. The van der Waals surface area contributed by atoms with E-state index in [1.807, 2.05) is 6.92 Å². The Morgan fingerprint density at radius 1 is 1.44 bits per heavy atom. The summed E-state index contributed by atoms with van der Waals surface area (Å²) in [6.07, 6.45) is 0. The average molecular weight is 228 g/mol. The van der Waals surface area contributed by atoms with Crippen LogP contribution in [0.4, 0.5) is 0 Å². The van der Waals surface area contributed by atoms with E-state index in [9.17, 15) is 4.79 Å². The summed E-state index contributed by atoms with van der Waals surface area (Å²) < 4.78 is 14.9. The van der Waals surface area contributed by atoms with Gasteiger partial charge in [0.25, 0.3) is 0 Å². The molecule has 1 aromatic heterocycles. The molecule has 1 aromatic rings. The first-order valence-corrected chi connectivity index (χ1v) is 5.25. The molecular formula is C10H16N2O4. The minimum atomic E-state index is -0.539. The molecule has 0 N–H and O–H groups in total. The molecule has 0 aliphatic heterocycles. The Balaban J connectivity index is 2.59. The highest BCUT2D eigenvalue weighted by atomic mass is 16.5. The largest absolute Gasteiger partial charge is 0.465 e. The average Bonchev–Trinajstić information content (AvgIpc) is 2.74. The van der Waals surface area contributed by atoms with Crippen molar-refractivity contribution in [1.82, 2.24) is 10.1 Å². The van der Waals surface area contributed by atoms with E-state index in [4.69, 9.17) is 14.0 Å². The molecule has 0 aliphatic carbocycles. The topological polar surface area (TPSA) is 74.5 Å². The highest BCUT2D eigenvalue weighted by Gasteiger charge is 2.22. The number of carbonyl (C=O) groups excluding carboxylic acids is 1. The number of rotatable bonds is 6. The molecule has 0 amide bonds. The number of aromatic nitrogens is 2. The van der Waals surface area contributed by atoms with Crippen LogP contribution in [0.1, 0.15) is 38.4 Å². The normalized spacial score (nSPS) is 12.4. The first-order chi connectivity index (χ1) is 7.69. The number of nitrogens with zero attached hydrogens (tertiary/aromatic N) is 2. The van der Waals surface area contributed by atoms with Gasteiger partial charge in [0.1, 0.15) is 12.5 Å². The van der Waals surface area contributed by atoms with Crippen molar-refractivity contribution in [3.05, 3.63) is 11.7 Å². The van der Waals surface area contributed by atoms with Crippen LogP contribution in [-0.4, -0.2) is 29.3 Å². The fourth-order valence-electron chi connectivity index (χ4n) is 1.06. The van der Waals surface area contributed by atoms with Gasteiger partial charge in [-0.15, -0.1) is 0 Å². The molecule has 0 saturated carbocycles. The molecule has 0 bridgehead atoms. The zero-order valence-electron chi connectivity index (χ0n) is 9.73. The fraction of sp³-hybridized carbons (Fsp3) is 0.700. The lowest BCUT2D eigenvalue weighted by Gasteiger charge is -2.04. The van der Waals surface area contributed by atoms with Gasteiger partial charge in [-0.1, -0.05) is 5.16 Å². The summed E-state index contributed by atoms with van der Waals surface area (Å²) in [5.41, 5.74) is 0. The molecule has 0 radical (unpaired) electrons. The third-order valence-corrected chi connectivity index (χ3v) is 1.93. The van der Waals surface area contributed by atoms with Gasteiger partial charge in [0.15, 0.2) is 5.82 Å². The smallest absolute Gasteiger partial charge is 0.318 e. The van der Waals surface area contributed by atoms with Crippen molar-refractivity contribution in [3.63, 3.8) is 0 Å². The SMILES string of the molecule is CCOCc1noc(C(C)C(=O)OCC)n1. The van der Waals surface area contributed by atoms with Gasteiger partial charge in [-0.2, -0.15) is 4.98 Å². The van der Waals surface area contributed by atoms with E-state index in [-0.39, 0.29) is 18.5 Å². The Bertz CT molecular complexity index is 337. The number of ether oxygens (including phenoxy) is 2. The van der Waals surface area contributed by atoms with Crippen molar-refractivity contribution < 1.29 is 18.8 Å². The number of carbonyl (C=O) groups is 1. The van der Waals surface area contributed by atoms with Crippen molar-refractivity contribution in [2.45, 2.75) is 33.3 Å². The van der Waals surface area contributed by atoms with Crippen LogP contribution in [0.3, 0.4) is 0 Å². The van der Waals surface area contributed by atoms with Gasteiger partial charge in [0.05, 0.1) is 6.61 Å². The maximum atomic E-state index is 11.4. The lowest BCUT2D eigenvalue weighted by molar-refractivity contribution is -0.145. The second kappa shape index (κ2) is 6.22. The summed E-state index contributed by atoms with van der Waals surface area (Å²) in [7, 11) is 0. The monoisotopic (exact) mass is 228 g/mol. The molecule has 6 nitrogen and oxygen atoms in total. The predicted molar refractivity (Wildman–Crippen MR) is 54.7 cm³/mol. The standard InChI is InChI=1S/C10H16N2O4/c1-4-14-6-8-11-9(16-12-8)7(3)10(13)15-5-2/h7H,4-6H2,1-3H3. The molecular weight excluding hydrogens is 212 g/mol. The van der Waals surface area contributed by atoms with Crippen LogP contribution in [0.15, 0.2) is 4.52 Å². The Labute approximate surface area is 93.9 Å². The lowest BCUT2D eigenvalue weighted by atomic mass is 10.2. The summed E-state index contributed by atoms with van der Waals surface area (Å²) in [6, 6.07) is 0. The lowest BCUT2D eigenvalue weighted by Crippen LogP contribution is -2.13. The highest BCUT2D eigenvalue weighted by molar-refractivity contribution is 5.76. The number of esters is 1. The Hall–Kier alpha value is -1.43. The van der Waals surface area contributed by atoms with E-state index < -0.39 is 5.92 Å². The van der Waals surface area contributed by atoms with E-state index in [0.29, 0.717) is 19.0 Å². The summed E-state index contributed by atoms with van der Waals surface area (Å²) in [6.45, 7) is 6.49. The molecule has 0 saturated heterocycles. The Morgan fingerprint density at radius 2 is 2.19 bits per heavy atom. The van der Waals surface area contributed by atoms with Crippen molar-refractivity contribution >= 4 is 5.97 Å². The van der Waals surface area contributed by atoms with Crippen LogP contribution in [0.2, 0.25) is 0 Å². The number of hydrogen-bond donors (Lipinski definition) is 0. The zero-order chi connectivity index (χ0) is 12.0. The third-order valence-electron chi connectivity index (χ3n) is 1.93.